The van der Waals surface area contributed by atoms with E-state index in [9.17, 15) is 9.59 Å². The number of benzene rings is 3. The van der Waals surface area contributed by atoms with Gasteiger partial charge in [-0.25, -0.2) is 0 Å². The molecule has 0 atom stereocenters. The predicted molar refractivity (Wildman–Crippen MR) is 128 cm³/mol. The maximum Gasteiger partial charge on any atom is 0.256 e. The van der Waals surface area contributed by atoms with E-state index in [1.807, 2.05) is 29.2 Å². The summed E-state index contributed by atoms with van der Waals surface area (Å²) >= 11 is 0. The van der Waals surface area contributed by atoms with E-state index in [0.29, 0.717) is 30.8 Å². The highest BCUT2D eigenvalue weighted by molar-refractivity contribution is 6.03. The van der Waals surface area contributed by atoms with Crippen LogP contribution in [0.3, 0.4) is 0 Å². The Bertz CT molecular complexity index is 1010. The Balaban J connectivity index is 1.50. The van der Waals surface area contributed by atoms with Gasteiger partial charge in [0.2, 0.25) is 5.91 Å². The van der Waals surface area contributed by atoms with E-state index in [1.165, 1.54) is 11.1 Å². The van der Waals surface area contributed by atoms with Gasteiger partial charge in [0, 0.05) is 32.6 Å². The van der Waals surface area contributed by atoms with Crippen molar-refractivity contribution in [1.82, 2.24) is 9.80 Å². The van der Waals surface area contributed by atoms with Gasteiger partial charge in [-0.3, -0.25) is 14.5 Å². The molecule has 1 saturated heterocycles. The van der Waals surface area contributed by atoms with Gasteiger partial charge in [0.05, 0.1) is 17.3 Å². The van der Waals surface area contributed by atoms with Gasteiger partial charge in [-0.1, -0.05) is 79.7 Å². The van der Waals surface area contributed by atoms with E-state index in [1.54, 1.807) is 19.1 Å². The third kappa shape index (κ3) is 4.89. The Morgan fingerprint density at radius 2 is 1.31 bits per heavy atom. The minimum Gasteiger partial charge on any atom is -0.336 e. The Kier molecular flexibility index (Phi) is 6.97. The number of carbonyl (C=O) groups excluding carboxylic acids is 2. The molecule has 1 fully saturated rings. The van der Waals surface area contributed by atoms with Crippen LogP contribution in [0.25, 0.3) is 0 Å². The second-order valence-electron chi connectivity index (χ2n) is 8.00. The van der Waals surface area contributed by atoms with Gasteiger partial charge in [-0.05, 0) is 23.3 Å². The number of nitrogens with one attached hydrogen (secondary N) is 1. The van der Waals surface area contributed by atoms with Crippen LogP contribution in [0.5, 0.6) is 0 Å². The molecule has 0 aliphatic carbocycles. The second kappa shape index (κ2) is 10.2. The molecule has 3 aromatic carbocycles. The zero-order chi connectivity index (χ0) is 22.3. The van der Waals surface area contributed by atoms with Crippen LogP contribution in [0.4, 0.5) is 5.69 Å². The van der Waals surface area contributed by atoms with Gasteiger partial charge in [0.15, 0.2) is 0 Å². The van der Waals surface area contributed by atoms with E-state index >= 15 is 0 Å². The zero-order valence-electron chi connectivity index (χ0n) is 18.4. The summed E-state index contributed by atoms with van der Waals surface area (Å²) in [5.74, 6) is -0.128. The molecule has 0 bridgehead atoms. The molecule has 1 heterocycles. The first kappa shape index (κ1) is 21.8. The number of hydrogen-bond donors (Lipinski definition) is 1. The van der Waals surface area contributed by atoms with Gasteiger partial charge >= 0.3 is 0 Å². The van der Waals surface area contributed by atoms with Crippen LogP contribution in [-0.4, -0.2) is 47.8 Å². The molecule has 3 aromatic rings. The lowest BCUT2D eigenvalue weighted by molar-refractivity contribution is -0.115. The summed E-state index contributed by atoms with van der Waals surface area (Å²) in [6.45, 7) is 4.65. The largest absolute Gasteiger partial charge is 0.336 e. The van der Waals surface area contributed by atoms with E-state index in [0.717, 1.165) is 13.1 Å². The standard InChI is InChI=1S/C27H29N3O2/c1-2-25(31)28-24-16-10-9-15-23(24)27(32)30-19-17-29(18-20-30)26(21-11-5-3-6-12-21)22-13-7-4-8-14-22/h3-16,26H,2,17-20H2,1H3,(H,28,31). The molecule has 32 heavy (non-hydrogen) atoms. The van der Waals surface area contributed by atoms with Gasteiger partial charge in [0.25, 0.3) is 5.91 Å². The Morgan fingerprint density at radius 1 is 0.781 bits per heavy atom. The number of amides is 2. The molecule has 0 unspecified atom stereocenters. The minimum atomic E-state index is -0.0939. The molecule has 1 N–H and O–H groups in total. The lowest BCUT2D eigenvalue weighted by Gasteiger charge is -2.40. The summed E-state index contributed by atoms with van der Waals surface area (Å²) in [5, 5.41) is 2.85. The molecule has 1 aliphatic heterocycles. The van der Waals surface area contributed by atoms with Gasteiger partial charge < -0.3 is 10.2 Å². The third-order valence-electron chi connectivity index (χ3n) is 5.95. The highest BCUT2D eigenvalue weighted by Crippen LogP contribution is 2.30. The Hall–Kier alpha value is -3.44. The topological polar surface area (TPSA) is 52.7 Å². The van der Waals surface area contributed by atoms with Crippen molar-refractivity contribution in [2.24, 2.45) is 0 Å². The lowest BCUT2D eigenvalue weighted by Crippen LogP contribution is -2.50. The average molecular weight is 428 g/mol. The number of rotatable bonds is 6. The van der Waals surface area contributed by atoms with Crippen molar-refractivity contribution in [3.63, 3.8) is 0 Å². The van der Waals surface area contributed by atoms with Crippen LogP contribution in [0, 0.1) is 0 Å². The molecular weight excluding hydrogens is 398 g/mol. The molecule has 4 rings (SSSR count). The van der Waals surface area contributed by atoms with E-state index in [4.69, 9.17) is 0 Å². The number of hydrogen-bond acceptors (Lipinski definition) is 3. The maximum absolute atomic E-state index is 13.3. The highest BCUT2D eigenvalue weighted by atomic mass is 16.2. The van der Waals surface area contributed by atoms with Crippen molar-refractivity contribution in [2.75, 3.05) is 31.5 Å². The number of anilines is 1. The lowest BCUT2D eigenvalue weighted by atomic mass is 9.96. The predicted octanol–water partition coefficient (Wildman–Crippen LogP) is 4.58. The first-order valence-corrected chi connectivity index (χ1v) is 11.2. The Morgan fingerprint density at radius 3 is 1.88 bits per heavy atom. The summed E-state index contributed by atoms with van der Waals surface area (Å²) in [6, 6.07) is 28.5. The van der Waals surface area contributed by atoms with Crippen LogP contribution in [0.2, 0.25) is 0 Å². The van der Waals surface area contributed by atoms with Gasteiger partial charge in [0.1, 0.15) is 0 Å². The first-order valence-electron chi connectivity index (χ1n) is 11.2. The SMILES string of the molecule is CCC(=O)Nc1ccccc1C(=O)N1CCN(C(c2ccccc2)c2ccccc2)CC1. The van der Waals surface area contributed by atoms with Crippen molar-refractivity contribution < 1.29 is 9.59 Å². The minimum absolute atomic E-state index is 0.0346. The first-order chi connectivity index (χ1) is 15.7. The quantitative estimate of drug-likeness (QED) is 0.626. The smallest absolute Gasteiger partial charge is 0.256 e. The second-order valence-corrected chi connectivity index (χ2v) is 8.00. The molecule has 2 amide bonds. The summed E-state index contributed by atoms with van der Waals surface area (Å²) in [5.41, 5.74) is 3.64. The molecule has 0 aromatic heterocycles. The number of carbonyl (C=O) groups is 2. The number of nitrogens with zero attached hydrogens (tertiary/aromatic N) is 2. The van der Waals surface area contributed by atoms with Gasteiger partial charge in [-0.2, -0.15) is 0 Å². The molecule has 5 nitrogen and oxygen atoms in total. The molecule has 5 heteroatoms. The van der Waals surface area contributed by atoms with Crippen molar-refractivity contribution in [3.8, 4) is 0 Å². The molecule has 1 aliphatic rings. The van der Waals surface area contributed by atoms with Crippen LogP contribution in [-0.2, 0) is 4.79 Å². The molecule has 0 spiro atoms. The van der Waals surface area contributed by atoms with Crippen molar-refractivity contribution in [1.29, 1.82) is 0 Å². The summed E-state index contributed by atoms with van der Waals surface area (Å²) in [6.07, 6.45) is 0.377. The summed E-state index contributed by atoms with van der Waals surface area (Å²) < 4.78 is 0. The summed E-state index contributed by atoms with van der Waals surface area (Å²) in [7, 11) is 0. The Labute approximate surface area is 189 Å². The monoisotopic (exact) mass is 427 g/mol. The van der Waals surface area contributed by atoms with Gasteiger partial charge in [-0.15, -0.1) is 0 Å². The van der Waals surface area contributed by atoms with Crippen molar-refractivity contribution in [3.05, 3.63) is 102 Å². The highest BCUT2D eigenvalue weighted by Gasteiger charge is 2.29. The fourth-order valence-corrected chi connectivity index (χ4v) is 4.26. The van der Waals surface area contributed by atoms with Crippen LogP contribution >= 0.6 is 0 Å². The van der Waals surface area contributed by atoms with E-state index in [-0.39, 0.29) is 17.9 Å². The maximum atomic E-state index is 13.3. The molecule has 164 valence electrons. The zero-order valence-corrected chi connectivity index (χ0v) is 18.4. The fourth-order valence-electron chi connectivity index (χ4n) is 4.26. The van der Waals surface area contributed by atoms with Crippen molar-refractivity contribution in [2.45, 2.75) is 19.4 Å². The number of piperazine rings is 1. The third-order valence-corrected chi connectivity index (χ3v) is 5.95. The fraction of sp³-hybridized carbons (Fsp3) is 0.259. The van der Waals surface area contributed by atoms with Crippen molar-refractivity contribution >= 4 is 17.5 Å². The summed E-state index contributed by atoms with van der Waals surface area (Å²) in [4.78, 5) is 29.5. The molecular formula is C27H29N3O2. The van der Waals surface area contributed by atoms with Crippen LogP contribution in [0.15, 0.2) is 84.9 Å². The van der Waals surface area contributed by atoms with Crippen LogP contribution < -0.4 is 5.32 Å². The van der Waals surface area contributed by atoms with E-state index < -0.39 is 0 Å². The molecule has 0 radical (unpaired) electrons. The normalized spacial score (nSPS) is 14.4. The average Bonchev–Trinajstić information content (AvgIpc) is 2.86. The molecule has 0 saturated carbocycles. The number of para-hydroxylation sites is 1. The van der Waals surface area contributed by atoms with Crippen LogP contribution in [0.1, 0.15) is 40.9 Å². The van der Waals surface area contributed by atoms with E-state index in [2.05, 4.69) is 58.7 Å².